The van der Waals surface area contributed by atoms with E-state index < -0.39 is 0 Å². The summed E-state index contributed by atoms with van der Waals surface area (Å²) in [5.41, 5.74) is 6.63. The third-order valence-corrected chi connectivity index (χ3v) is 4.31. The van der Waals surface area contributed by atoms with E-state index in [4.69, 9.17) is 10.5 Å². The Hall–Kier alpha value is -1.55. The van der Waals surface area contributed by atoms with Crippen molar-refractivity contribution in [3.05, 3.63) is 29.8 Å². The van der Waals surface area contributed by atoms with Gasteiger partial charge in [-0.05, 0) is 57.2 Å². The lowest BCUT2D eigenvalue weighted by Crippen LogP contribution is -2.37. The van der Waals surface area contributed by atoms with Gasteiger partial charge in [-0.15, -0.1) is 0 Å². The van der Waals surface area contributed by atoms with Gasteiger partial charge in [-0.1, -0.05) is 12.1 Å². The summed E-state index contributed by atoms with van der Waals surface area (Å²) in [5, 5.41) is 3.65. The van der Waals surface area contributed by atoms with Crippen LogP contribution in [0.25, 0.3) is 0 Å². The van der Waals surface area contributed by atoms with Gasteiger partial charge in [-0.3, -0.25) is 4.79 Å². The molecule has 0 saturated heterocycles. The molecule has 0 heterocycles. The zero-order valence-electron chi connectivity index (χ0n) is 13.0. The van der Waals surface area contributed by atoms with Crippen LogP contribution in [-0.4, -0.2) is 18.6 Å². The fourth-order valence-corrected chi connectivity index (χ4v) is 3.01. The molecule has 1 aromatic carbocycles. The van der Waals surface area contributed by atoms with Gasteiger partial charge < -0.3 is 15.8 Å². The fourth-order valence-electron chi connectivity index (χ4n) is 3.01. The van der Waals surface area contributed by atoms with Crippen molar-refractivity contribution in [2.45, 2.75) is 51.6 Å². The van der Waals surface area contributed by atoms with E-state index in [2.05, 4.69) is 24.4 Å². The summed E-state index contributed by atoms with van der Waals surface area (Å²) in [6, 6.07) is 9.02. The average molecular weight is 290 g/mol. The van der Waals surface area contributed by atoms with E-state index >= 15 is 0 Å². The number of hydrogen-bond acceptors (Lipinski definition) is 3. The van der Waals surface area contributed by atoms with Gasteiger partial charge in [0.05, 0.1) is 6.61 Å². The van der Waals surface area contributed by atoms with Crippen LogP contribution in [0.15, 0.2) is 24.3 Å². The molecule has 1 aliphatic carbocycles. The molecule has 1 aliphatic rings. The van der Waals surface area contributed by atoms with Crippen LogP contribution in [0.2, 0.25) is 0 Å². The molecule has 1 fully saturated rings. The Bertz CT molecular complexity index is 450. The van der Waals surface area contributed by atoms with E-state index in [1.165, 1.54) is 5.56 Å². The van der Waals surface area contributed by atoms with Crippen molar-refractivity contribution in [2.24, 2.45) is 11.7 Å². The number of carbonyl (C=O) groups excluding carboxylic acids is 1. The molecule has 1 unspecified atom stereocenters. The molecule has 1 aromatic rings. The van der Waals surface area contributed by atoms with Crippen LogP contribution >= 0.6 is 0 Å². The number of carbonyl (C=O) groups is 1. The van der Waals surface area contributed by atoms with Gasteiger partial charge in [0, 0.05) is 18.0 Å². The highest BCUT2D eigenvalue weighted by Gasteiger charge is 2.25. The fraction of sp³-hybridized carbons (Fsp3) is 0.588. The molecular formula is C17H26N2O2. The van der Waals surface area contributed by atoms with Crippen LogP contribution in [0, 0.1) is 5.92 Å². The molecular weight excluding hydrogens is 264 g/mol. The van der Waals surface area contributed by atoms with Crippen molar-refractivity contribution in [2.75, 3.05) is 6.61 Å². The standard InChI is InChI=1S/C17H26N2O2/c1-3-21-16-10-6-13(7-11-16)12(2)19-15-8-4-14(5-9-15)17(18)20/h6-7,10-12,14-15,19H,3-5,8-9H2,1-2H3,(H2,18,20). The molecule has 3 N–H and O–H groups in total. The van der Waals surface area contributed by atoms with Gasteiger partial charge in [0.25, 0.3) is 0 Å². The highest BCUT2D eigenvalue weighted by molar-refractivity contribution is 5.76. The van der Waals surface area contributed by atoms with E-state index in [1.807, 2.05) is 19.1 Å². The minimum atomic E-state index is -0.145. The number of nitrogens with two attached hydrogens (primary N) is 1. The molecule has 0 aliphatic heterocycles. The third-order valence-electron chi connectivity index (χ3n) is 4.31. The van der Waals surface area contributed by atoms with Crippen molar-refractivity contribution in [3.8, 4) is 5.75 Å². The molecule has 116 valence electrons. The second kappa shape index (κ2) is 7.46. The van der Waals surface area contributed by atoms with Crippen LogP contribution in [0.4, 0.5) is 0 Å². The predicted molar refractivity (Wildman–Crippen MR) is 84.1 cm³/mol. The Labute approximate surface area is 127 Å². The number of rotatable bonds is 6. The van der Waals surface area contributed by atoms with Crippen molar-refractivity contribution in [1.29, 1.82) is 0 Å². The maximum atomic E-state index is 11.2. The number of nitrogens with one attached hydrogen (secondary N) is 1. The molecule has 0 aromatic heterocycles. The molecule has 0 bridgehead atoms. The topological polar surface area (TPSA) is 64.3 Å². The summed E-state index contributed by atoms with van der Waals surface area (Å²) < 4.78 is 5.46. The lowest BCUT2D eigenvalue weighted by molar-refractivity contribution is -0.122. The minimum absolute atomic E-state index is 0.0730. The highest BCUT2D eigenvalue weighted by atomic mass is 16.5. The number of amides is 1. The molecule has 1 amide bonds. The number of ether oxygens (including phenoxy) is 1. The summed E-state index contributed by atoms with van der Waals surface area (Å²) in [6.45, 7) is 4.85. The average Bonchev–Trinajstić information content (AvgIpc) is 2.49. The summed E-state index contributed by atoms with van der Waals surface area (Å²) in [7, 11) is 0. The zero-order valence-corrected chi connectivity index (χ0v) is 13.0. The normalized spacial score (nSPS) is 23.5. The molecule has 4 heteroatoms. The highest BCUT2D eigenvalue weighted by Crippen LogP contribution is 2.26. The van der Waals surface area contributed by atoms with Gasteiger partial charge in [-0.25, -0.2) is 0 Å². The van der Waals surface area contributed by atoms with Crippen LogP contribution in [-0.2, 0) is 4.79 Å². The van der Waals surface area contributed by atoms with Crippen LogP contribution < -0.4 is 15.8 Å². The number of benzene rings is 1. The largest absolute Gasteiger partial charge is 0.494 e. The van der Waals surface area contributed by atoms with Crippen LogP contribution in [0.3, 0.4) is 0 Å². The molecule has 1 saturated carbocycles. The molecule has 1 atom stereocenters. The molecule has 4 nitrogen and oxygen atoms in total. The van der Waals surface area contributed by atoms with Crippen molar-refractivity contribution in [1.82, 2.24) is 5.32 Å². The quantitative estimate of drug-likeness (QED) is 0.846. The maximum absolute atomic E-state index is 11.2. The Kier molecular flexibility index (Phi) is 5.62. The van der Waals surface area contributed by atoms with Gasteiger partial charge in [0.2, 0.25) is 5.91 Å². The smallest absolute Gasteiger partial charge is 0.220 e. The first-order valence-corrected chi connectivity index (χ1v) is 7.88. The van der Waals surface area contributed by atoms with E-state index in [0.717, 1.165) is 31.4 Å². The van der Waals surface area contributed by atoms with E-state index in [1.54, 1.807) is 0 Å². The SMILES string of the molecule is CCOc1ccc(C(C)NC2CCC(C(N)=O)CC2)cc1. The Balaban J connectivity index is 1.84. The lowest BCUT2D eigenvalue weighted by Gasteiger charge is -2.30. The Morgan fingerprint density at radius 2 is 1.90 bits per heavy atom. The summed E-state index contributed by atoms with van der Waals surface area (Å²) in [4.78, 5) is 11.2. The first kappa shape index (κ1) is 15.8. The number of hydrogen-bond donors (Lipinski definition) is 2. The van der Waals surface area contributed by atoms with E-state index in [-0.39, 0.29) is 11.8 Å². The first-order valence-electron chi connectivity index (χ1n) is 7.88. The Morgan fingerprint density at radius 1 is 1.29 bits per heavy atom. The van der Waals surface area contributed by atoms with Gasteiger partial charge in [0.1, 0.15) is 5.75 Å². The molecule has 2 rings (SSSR count). The first-order chi connectivity index (χ1) is 10.1. The molecule has 0 spiro atoms. The number of primary amides is 1. The second-order valence-corrected chi connectivity index (χ2v) is 5.84. The third kappa shape index (κ3) is 4.46. The Morgan fingerprint density at radius 3 is 2.43 bits per heavy atom. The molecule has 0 radical (unpaired) electrons. The maximum Gasteiger partial charge on any atom is 0.220 e. The predicted octanol–water partition coefficient (Wildman–Crippen LogP) is 2.78. The summed E-state index contributed by atoms with van der Waals surface area (Å²) in [5.74, 6) is 0.840. The minimum Gasteiger partial charge on any atom is -0.494 e. The lowest BCUT2D eigenvalue weighted by atomic mass is 9.85. The molecule has 21 heavy (non-hydrogen) atoms. The van der Waals surface area contributed by atoms with Crippen molar-refractivity contribution in [3.63, 3.8) is 0 Å². The van der Waals surface area contributed by atoms with Crippen molar-refractivity contribution >= 4 is 5.91 Å². The van der Waals surface area contributed by atoms with E-state index in [0.29, 0.717) is 18.7 Å². The van der Waals surface area contributed by atoms with Gasteiger partial charge in [0.15, 0.2) is 0 Å². The summed E-state index contributed by atoms with van der Waals surface area (Å²) in [6.07, 6.45) is 3.86. The van der Waals surface area contributed by atoms with Gasteiger partial charge >= 0.3 is 0 Å². The van der Waals surface area contributed by atoms with Crippen LogP contribution in [0.5, 0.6) is 5.75 Å². The summed E-state index contributed by atoms with van der Waals surface area (Å²) >= 11 is 0. The van der Waals surface area contributed by atoms with E-state index in [9.17, 15) is 4.79 Å². The zero-order chi connectivity index (χ0) is 15.2. The monoisotopic (exact) mass is 290 g/mol. The second-order valence-electron chi connectivity index (χ2n) is 5.84. The van der Waals surface area contributed by atoms with Crippen molar-refractivity contribution < 1.29 is 9.53 Å². The van der Waals surface area contributed by atoms with Gasteiger partial charge in [-0.2, -0.15) is 0 Å². The van der Waals surface area contributed by atoms with Crippen LogP contribution in [0.1, 0.15) is 51.1 Å².